The summed E-state index contributed by atoms with van der Waals surface area (Å²) in [6.07, 6.45) is 0.728. The quantitative estimate of drug-likeness (QED) is 0.743. The fourth-order valence-corrected chi connectivity index (χ4v) is 3.18. The molecule has 1 aromatic carbocycles. The van der Waals surface area contributed by atoms with E-state index in [2.05, 4.69) is 18.8 Å². The lowest BCUT2D eigenvalue weighted by Gasteiger charge is -2.05. The molecule has 0 aliphatic rings. The number of Topliss-reactive ketones (excluding diaryl/α,β-unsaturated/α-hetero) is 1. The zero-order valence-corrected chi connectivity index (χ0v) is 13.8. The Kier molecular flexibility index (Phi) is 5.12. The number of rotatable bonds is 6. The van der Waals surface area contributed by atoms with Crippen molar-refractivity contribution >= 4 is 17.1 Å². The van der Waals surface area contributed by atoms with E-state index in [1.165, 1.54) is 16.9 Å². The van der Waals surface area contributed by atoms with Gasteiger partial charge in [0.25, 0.3) is 0 Å². The molecule has 0 atom stereocenters. The molecule has 2 rings (SSSR count). The number of ether oxygens (including phenoxy) is 1. The Labute approximate surface area is 130 Å². The van der Waals surface area contributed by atoms with Gasteiger partial charge in [0.2, 0.25) is 0 Å². The summed E-state index contributed by atoms with van der Waals surface area (Å²) in [4.78, 5) is 17.0. The molecular weight excluding hydrogens is 282 g/mol. The summed E-state index contributed by atoms with van der Waals surface area (Å²) in [5.41, 5.74) is 2.10. The van der Waals surface area contributed by atoms with Crippen molar-refractivity contribution in [3.63, 3.8) is 0 Å². The van der Waals surface area contributed by atoms with E-state index in [-0.39, 0.29) is 11.7 Å². The number of ketones is 1. The van der Waals surface area contributed by atoms with Gasteiger partial charge in [0.1, 0.15) is 5.75 Å². The molecule has 0 fully saturated rings. The number of thiazole rings is 1. The van der Waals surface area contributed by atoms with Crippen LogP contribution in [0.25, 0.3) is 0 Å². The van der Waals surface area contributed by atoms with E-state index in [0.717, 1.165) is 27.7 Å². The number of carbonyl (C=O) groups is 1. The third kappa shape index (κ3) is 4.14. The van der Waals surface area contributed by atoms with Gasteiger partial charge in [-0.15, -0.1) is 11.3 Å². The number of hydrogen-bond acceptors (Lipinski definition) is 4. The maximum atomic E-state index is 11.7. The molecule has 0 radical (unpaired) electrons. The fourth-order valence-electron chi connectivity index (χ4n) is 2.09. The van der Waals surface area contributed by atoms with Gasteiger partial charge >= 0.3 is 0 Å². The van der Waals surface area contributed by atoms with Crippen LogP contribution >= 0.6 is 11.3 Å². The van der Waals surface area contributed by atoms with Crippen LogP contribution in [0.15, 0.2) is 24.3 Å². The van der Waals surface area contributed by atoms with Crippen LogP contribution in [-0.2, 0) is 6.42 Å². The number of hydrogen-bond donors (Lipinski definition) is 0. The number of carbonyl (C=O) groups excluding carboxylic acids is 1. The Morgan fingerprint density at radius 2 is 2.14 bits per heavy atom. The van der Waals surface area contributed by atoms with Gasteiger partial charge in [-0.1, -0.05) is 26.0 Å². The van der Waals surface area contributed by atoms with Crippen LogP contribution in [0.5, 0.6) is 5.75 Å². The van der Waals surface area contributed by atoms with E-state index in [9.17, 15) is 4.79 Å². The normalized spacial score (nSPS) is 10.9. The van der Waals surface area contributed by atoms with Gasteiger partial charge in [-0.05, 0) is 30.5 Å². The Balaban J connectivity index is 2.00. The highest BCUT2D eigenvalue weighted by molar-refractivity contribution is 7.13. The van der Waals surface area contributed by atoms with E-state index in [1.54, 1.807) is 6.92 Å². The summed E-state index contributed by atoms with van der Waals surface area (Å²) in [5.74, 6) is 1.25. The molecule has 0 N–H and O–H groups in total. The molecule has 0 unspecified atom stereocenters. The minimum Gasteiger partial charge on any atom is -0.493 e. The Morgan fingerprint density at radius 1 is 1.38 bits per heavy atom. The van der Waals surface area contributed by atoms with Crippen LogP contribution in [-0.4, -0.2) is 17.4 Å². The Bertz CT molecular complexity index is 631. The molecule has 21 heavy (non-hydrogen) atoms. The molecule has 1 aromatic heterocycles. The van der Waals surface area contributed by atoms with E-state index < -0.39 is 0 Å². The average Bonchev–Trinajstić information content (AvgIpc) is 2.83. The molecule has 0 saturated heterocycles. The van der Waals surface area contributed by atoms with Gasteiger partial charge in [0.05, 0.1) is 22.2 Å². The number of nitrogens with zero attached hydrogens (tertiary/aromatic N) is 1. The third-order valence-corrected chi connectivity index (χ3v) is 4.37. The van der Waals surface area contributed by atoms with E-state index in [0.29, 0.717) is 6.61 Å². The van der Waals surface area contributed by atoms with Crippen LogP contribution in [0.1, 0.15) is 52.6 Å². The maximum absolute atomic E-state index is 11.7. The van der Waals surface area contributed by atoms with E-state index in [4.69, 9.17) is 4.74 Å². The first-order valence-corrected chi connectivity index (χ1v) is 7.99. The zero-order valence-electron chi connectivity index (χ0n) is 13.0. The number of aryl methyl sites for hydroxylation is 1. The molecule has 0 aliphatic carbocycles. The van der Waals surface area contributed by atoms with Crippen molar-refractivity contribution in [1.82, 2.24) is 4.98 Å². The van der Waals surface area contributed by atoms with Gasteiger partial charge in [-0.25, -0.2) is 4.98 Å². The fraction of sp³-hybridized carbons (Fsp3) is 0.412. The molecule has 4 heteroatoms. The van der Waals surface area contributed by atoms with Crippen molar-refractivity contribution in [3.05, 3.63) is 45.4 Å². The predicted octanol–water partition coefficient (Wildman–Crippen LogP) is 4.40. The molecule has 0 amide bonds. The van der Waals surface area contributed by atoms with Gasteiger partial charge in [0, 0.05) is 13.3 Å². The summed E-state index contributed by atoms with van der Waals surface area (Å²) in [5, 5.41) is 0.969. The van der Waals surface area contributed by atoms with Gasteiger partial charge in [-0.3, -0.25) is 4.79 Å². The van der Waals surface area contributed by atoms with Crippen molar-refractivity contribution < 1.29 is 9.53 Å². The molecule has 0 aliphatic heterocycles. The molecule has 0 spiro atoms. The monoisotopic (exact) mass is 303 g/mol. The van der Waals surface area contributed by atoms with Gasteiger partial charge in [0.15, 0.2) is 5.78 Å². The summed E-state index contributed by atoms with van der Waals surface area (Å²) < 4.78 is 5.74. The minimum absolute atomic E-state index is 0.0991. The minimum atomic E-state index is 0.0991. The van der Waals surface area contributed by atoms with E-state index in [1.807, 2.05) is 31.2 Å². The first-order valence-electron chi connectivity index (χ1n) is 7.17. The first kappa shape index (κ1) is 15.7. The summed E-state index contributed by atoms with van der Waals surface area (Å²) >= 11 is 1.49. The molecule has 0 bridgehead atoms. The Morgan fingerprint density at radius 3 is 2.71 bits per heavy atom. The van der Waals surface area contributed by atoms with Crippen LogP contribution in [0, 0.1) is 6.92 Å². The highest BCUT2D eigenvalue weighted by Crippen LogP contribution is 2.26. The standard InChI is InChI=1S/C17H21NO2S/c1-11(2)16-17(13(4)19)21-15(18-16)8-9-20-14-7-5-6-12(3)10-14/h5-7,10-11H,8-9H2,1-4H3. The zero-order chi connectivity index (χ0) is 15.4. The van der Waals surface area contributed by atoms with Crippen molar-refractivity contribution in [2.24, 2.45) is 0 Å². The van der Waals surface area contributed by atoms with Crippen LogP contribution in [0.2, 0.25) is 0 Å². The second-order valence-electron chi connectivity index (χ2n) is 5.45. The van der Waals surface area contributed by atoms with Crippen LogP contribution in [0.3, 0.4) is 0 Å². The third-order valence-electron chi connectivity index (χ3n) is 3.14. The van der Waals surface area contributed by atoms with E-state index >= 15 is 0 Å². The predicted molar refractivity (Wildman–Crippen MR) is 86.6 cm³/mol. The van der Waals surface area contributed by atoms with Crippen LogP contribution in [0.4, 0.5) is 0 Å². The molecule has 2 aromatic rings. The molecule has 1 heterocycles. The second kappa shape index (κ2) is 6.85. The smallest absolute Gasteiger partial charge is 0.171 e. The first-order chi connectivity index (χ1) is 9.97. The molecule has 3 nitrogen and oxygen atoms in total. The number of benzene rings is 1. The highest BCUT2D eigenvalue weighted by atomic mass is 32.1. The average molecular weight is 303 g/mol. The SMILES string of the molecule is CC(=O)c1sc(CCOc2cccc(C)c2)nc1C(C)C. The summed E-state index contributed by atoms with van der Waals surface area (Å²) in [6, 6.07) is 8.00. The molecule has 112 valence electrons. The van der Waals surface area contributed by atoms with Crippen molar-refractivity contribution in [3.8, 4) is 5.75 Å². The van der Waals surface area contributed by atoms with Crippen molar-refractivity contribution in [1.29, 1.82) is 0 Å². The lowest BCUT2D eigenvalue weighted by molar-refractivity contribution is 0.102. The van der Waals surface area contributed by atoms with Gasteiger partial charge < -0.3 is 4.74 Å². The van der Waals surface area contributed by atoms with Crippen molar-refractivity contribution in [2.75, 3.05) is 6.61 Å². The Hall–Kier alpha value is -1.68. The van der Waals surface area contributed by atoms with Crippen molar-refractivity contribution in [2.45, 2.75) is 40.0 Å². The van der Waals surface area contributed by atoms with Crippen LogP contribution < -0.4 is 4.74 Å². The molecule has 0 saturated carbocycles. The molecular formula is C17H21NO2S. The largest absolute Gasteiger partial charge is 0.493 e. The second-order valence-corrected chi connectivity index (χ2v) is 6.53. The topological polar surface area (TPSA) is 39.2 Å². The summed E-state index contributed by atoms with van der Waals surface area (Å²) in [7, 11) is 0. The number of aromatic nitrogens is 1. The maximum Gasteiger partial charge on any atom is 0.171 e. The summed E-state index contributed by atoms with van der Waals surface area (Å²) in [6.45, 7) is 8.35. The highest BCUT2D eigenvalue weighted by Gasteiger charge is 2.17. The lowest BCUT2D eigenvalue weighted by atomic mass is 10.1. The lowest BCUT2D eigenvalue weighted by Crippen LogP contribution is -2.01. The van der Waals surface area contributed by atoms with Gasteiger partial charge in [-0.2, -0.15) is 0 Å².